The van der Waals surface area contributed by atoms with E-state index in [0.717, 1.165) is 16.7 Å². The number of aliphatic hydroxyl groups excluding tert-OH is 1. The average molecular weight is 198 g/mol. The molecule has 3 nitrogen and oxygen atoms in total. The Morgan fingerprint density at radius 2 is 2.00 bits per heavy atom. The predicted molar refractivity (Wildman–Crippen MR) is 50.6 cm³/mol. The van der Waals surface area contributed by atoms with Gasteiger partial charge in [0.25, 0.3) is 0 Å². The highest BCUT2D eigenvalue weighted by atomic mass is 32.2. The van der Waals surface area contributed by atoms with Crippen LogP contribution >= 0.6 is 11.8 Å². The fourth-order valence-corrected chi connectivity index (χ4v) is 1.70. The molecule has 0 saturated carbocycles. The van der Waals surface area contributed by atoms with E-state index in [9.17, 15) is 9.90 Å². The molecule has 1 aromatic carbocycles. The van der Waals surface area contributed by atoms with Crippen LogP contribution in [-0.4, -0.2) is 21.6 Å². The van der Waals surface area contributed by atoms with E-state index in [-0.39, 0.29) is 6.42 Å². The lowest BCUT2D eigenvalue weighted by atomic mass is 10.4. The second-order valence-corrected chi connectivity index (χ2v) is 3.73. The van der Waals surface area contributed by atoms with Crippen LogP contribution in [0.15, 0.2) is 35.2 Å². The van der Waals surface area contributed by atoms with E-state index in [0.29, 0.717) is 0 Å². The zero-order valence-electron chi connectivity index (χ0n) is 6.88. The summed E-state index contributed by atoms with van der Waals surface area (Å²) >= 11 is 1.15. The molecule has 1 unspecified atom stereocenters. The lowest BCUT2D eigenvalue weighted by Gasteiger charge is -2.06. The third-order valence-electron chi connectivity index (χ3n) is 1.36. The Morgan fingerprint density at radius 1 is 1.38 bits per heavy atom. The fraction of sp³-hybridized carbons (Fsp3) is 0.222. The smallest absolute Gasteiger partial charge is 0.306 e. The van der Waals surface area contributed by atoms with Crippen LogP contribution in [0.2, 0.25) is 0 Å². The second kappa shape index (κ2) is 4.89. The maximum absolute atomic E-state index is 10.2. The van der Waals surface area contributed by atoms with Crippen molar-refractivity contribution < 1.29 is 15.0 Å². The second-order valence-electron chi connectivity index (χ2n) is 2.48. The highest BCUT2D eigenvalue weighted by molar-refractivity contribution is 7.99. The molecule has 0 aliphatic carbocycles. The first-order valence-corrected chi connectivity index (χ1v) is 4.68. The van der Waals surface area contributed by atoms with E-state index in [1.54, 1.807) is 0 Å². The molecule has 0 aliphatic heterocycles. The number of carboxylic acids is 1. The third-order valence-corrected chi connectivity index (χ3v) is 2.35. The minimum absolute atomic E-state index is 0.237. The molecule has 0 spiro atoms. The predicted octanol–water partition coefficient (Wildman–Crippen LogP) is 1.57. The van der Waals surface area contributed by atoms with Crippen LogP contribution in [0.5, 0.6) is 0 Å². The highest BCUT2D eigenvalue weighted by Gasteiger charge is 2.10. The SMILES string of the molecule is O=C(O)CC(O)Sc1ccccc1. The van der Waals surface area contributed by atoms with Crippen LogP contribution in [0, 0.1) is 0 Å². The Labute approximate surface area is 80.4 Å². The number of benzene rings is 1. The van der Waals surface area contributed by atoms with Gasteiger partial charge in [0.2, 0.25) is 0 Å². The number of hydrogen-bond acceptors (Lipinski definition) is 3. The minimum atomic E-state index is -0.990. The molecule has 0 fully saturated rings. The molecule has 70 valence electrons. The van der Waals surface area contributed by atoms with Crippen LogP contribution in [-0.2, 0) is 4.79 Å². The van der Waals surface area contributed by atoms with Gasteiger partial charge in [0.1, 0.15) is 5.44 Å². The lowest BCUT2D eigenvalue weighted by molar-refractivity contribution is -0.138. The molecule has 0 aromatic heterocycles. The van der Waals surface area contributed by atoms with Crippen molar-refractivity contribution >= 4 is 17.7 Å². The topological polar surface area (TPSA) is 57.5 Å². The summed E-state index contributed by atoms with van der Waals surface area (Å²) in [6.45, 7) is 0. The molecular weight excluding hydrogens is 188 g/mol. The zero-order valence-corrected chi connectivity index (χ0v) is 7.70. The number of hydrogen-bond donors (Lipinski definition) is 2. The van der Waals surface area contributed by atoms with E-state index in [4.69, 9.17) is 5.11 Å². The van der Waals surface area contributed by atoms with Gasteiger partial charge >= 0.3 is 5.97 Å². The van der Waals surface area contributed by atoms with Crippen molar-refractivity contribution in [1.82, 2.24) is 0 Å². The molecule has 0 saturated heterocycles. The Balaban J connectivity index is 2.45. The van der Waals surface area contributed by atoms with Crippen molar-refractivity contribution in [3.63, 3.8) is 0 Å². The molecule has 0 radical (unpaired) electrons. The first-order chi connectivity index (χ1) is 6.18. The maximum atomic E-state index is 10.2. The van der Waals surface area contributed by atoms with Gasteiger partial charge in [0.05, 0.1) is 6.42 Å². The Morgan fingerprint density at radius 3 is 2.54 bits per heavy atom. The van der Waals surface area contributed by atoms with Gasteiger partial charge in [-0.25, -0.2) is 0 Å². The first kappa shape index (κ1) is 10.1. The standard InChI is InChI=1S/C9H10O3S/c10-8(11)6-9(12)13-7-4-2-1-3-5-7/h1-5,9,12H,6H2,(H,10,11). The van der Waals surface area contributed by atoms with Crippen molar-refractivity contribution in [2.24, 2.45) is 0 Å². The molecule has 1 aromatic rings. The van der Waals surface area contributed by atoms with Gasteiger partial charge in [-0.1, -0.05) is 30.0 Å². The number of aliphatic carboxylic acids is 1. The van der Waals surface area contributed by atoms with Gasteiger partial charge in [-0.05, 0) is 12.1 Å². The summed E-state index contributed by atoms with van der Waals surface area (Å²) in [7, 11) is 0. The summed E-state index contributed by atoms with van der Waals surface area (Å²) in [4.78, 5) is 11.1. The normalized spacial score (nSPS) is 12.4. The van der Waals surface area contributed by atoms with E-state index in [2.05, 4.69) is 0 Å². The van der Waals surface area contributed by atoms with E-state index in [1.807, 2.05) is 30.3 Å². The fourth-order valence-electron chi connectivity index (χ4n) is 0.847. The monoisotopic (exact) mass is 198 g/mol. The summed E-state index contributed by atoms with van der Waals surface area (Å²) in [6.07, 6.45) is -0.237. The van der Waals surface area contributed by atoms with Gasteiger partial charge in [-0.15, -0.1) is 0 Å². The van der Waals surface area contributed by atoms with Crippen LogP contribution in [0.1, 0.15) is 6.42 Å². The van der Waals surface area contributed by atoms with Crippen LogP contribution in [0.4, 0.5) is 0 Å². The quantitative estimate of drug-likeness (QED) is 0.569. The number of rotatable bonds is 4. The first-order valence-electron chi connectivity index (χ1n) is 3.80. The van der Waals surface area contributed by atoms with E-state index < -0.39 is 11.4 Å². The Bertz CT molecular complexity index is 273. The van der Waals surface area contributed by atoms with E-state index in [1.165, 1.54) is 0 Å². The molecule has 1 atom stereocenters. The summed E-state index contributed by atoms with van der Waals surface area (Å²) < 4.78 is 0. The Kier molecular flexibility index (Phi) is 3.79. The van der Waals surface area contributed by atoms with Crippen molar-refractivity contribution in [3.8, 4) is 0 Å². The van der Waals surface area contributed by atoms with Crippen molar-refractivity contribution in [2.75, 3.05) is 0 Å². The largest absolute Gasteiger partial charge is 0.481 e. The number of carbonyl (C=O) groups is 1. The molecule has 4 heteroatoms. The molecule has 0 amide bonds. The molecule has 0 heterocycles. The molecule has 1 rings (SSSR count). The number of aliphatic hydroxyl groups is 1. The highest BCUT2D eigenvalue weighted by Crippen LogP contribution is 2.22. The number of thioether (sulfide) groups is 1. The van der Waals surface area contributed by atoms with Gasteiger partial charge in [-0.2, -0.15) is 0 Å². The Hall–Kier alpha value is -1.00. The molecular formula is C9H10O3S. The van der Waals surface area contributed by atoms with Crippen LogP contribution in [0.3, 0.4) is 0 Å². The summed E-state index contributed by atoms with van der Waals surface area (Å²) in [5.74, 6) is -0.990. The lowest BCUT2D eigenvalue weighted by Crippen LogP contribution is -2.08. The van der Waals surface area contributed by atoms with Gasteiger partial charge < -0.3 is 10.2 Å². The minimum Gasteiger partial charge on any atom is -0.481 e. The van der Waals surface area contributed by atoms with Crippen molar-refractivity contribution in [2.45, 2.75) is 16.8 Å². The van der Waals surface area contributed by atoms with Crippen LogP contribution in [0.25, 0.3) is 0 Å². The molecule has 0 aliphatic rings. The third kappa shape index (κ3) is 3.96. The number of carboxylic acid groups (broad SMARTS) is 1. The van der Waals surface area contributed by atoms with Gasteiger partial charge in [0.15, 0.2) is 0 Å². The molecule has 0 bridgehead atoms. The van der Waals surface area contributed by atoms with Crippen molar-refractivity contribution in [1.29, 1.82) is 0 Å². The average Bonchev–Trinajstić information content (AvgIpc) is 2.04. The summed E-state index contributed by atoms with van der Waals surface area (Å²) in [5, 5.41) is 17.6. The van der Waals surface area contributed by atoms with Crippen LogP contribution < -0.4 is 0 Å². The zero-order chi connectivity index (χ0) is 9.68. The van der Waals surface area contributed by atoms with Gasteiger partial charge in [0, 0.05) is 4.90 Å². The molecule has 2 N–H and O–H groups in total. The molecule has 13 heavy (non-hydrogen) atoms. The van der Waals surface area contributed by atoms with Crippen molar-refractivity contribution in [3.05, 3.63) is 30.3 Å². The van der Waals surface area contributed by atoms with Gasteiger partial charge in [-0.3, -0.25) is 4.79 Å². The summed E-state index contributed by atoms with van der Waals surface area (Å²) in [6, 6.07) is 9.21. The summed E-state index contributed by atoms with van der Waals surface area (Å²) in [5.41, 5.74) is -0.875. The maximum Gasteiger partial charge on any atom is 0.306 e. The van der Waals surface area contributed by atoms with E-state index >= 15 is 0 Å².